The first-order valence-electron chi connectivity index (χ1n) is 5.45. The highest BCUT2D eigenvalue weighted by atomic mass is 16.5. The second-order valence-corrected chi connectivity index (χ2v) is 4.16. The Bertz CT molecular complexity index is 230. The van der Waals surface area contributed by atoms with Crippen molar-refractivity contribution in [3.63, 3.8) is 0 Å². The van der Waals surface area contributed by atoms with Gasteiger partial charge >= 0.3 is 5.97 Å². The minimum Gasteiger partial charge on any atom is -0.481 e. The van der Waals surface area contributed by atoms with E-state index in [2.05, 4.69) is 5.32 Å². The molecule has 5 nitrogen and oxygen atoms in total. The molecule has 94 valence electrons. The summed E-state index contributed by atoms with van der Waals surface area (Å²) in [5, 5.41) is 11.4. The maximum atomic E-state index is 11.5. The van der Waals surface area contributed by atoms with Gasteiger partial charge in [-0.3, -0.25) is 9.59 Å². The Morgan fingerprint density at radius 3 is 2.44 bits per heavy atom. The summed E-state index contributed by atoms with van der Waals surface area (Å²) in [6.07, 6.45) is 1.04. The number of amides is 1. The maximum absolute atomic E-state index is 11.5. The van der Waals surface area contributed by atoms with E-state index in [0.29, 0.717) is 6.61 Å². The third kappa shape index (κ3) is 8.23. The molecule has 0 saturated heterocycles. The third-order valence-corrected chi connectivity index (χ3v) is 2.22. The number of rotatable bonds is 8. The number of carboxylic acid groups (broad SMARTS) is 1. The fourth-order valence-electron chi connectivity index (χ4n) is 1.39. The molecule has 0 aromatic heterocycles. The van der Waals surface area contributed by atoms with Gasteiger partial charge in [-0.15, -0.1) is 0 Å². The molecule has 0 bridgehead atoms. The molecule has 2 N–H and O–H groups in total. The van der Waals surface area contributed by atoms with Crippen LogP contribution < -0.4 is 5.32 Å². The van der Waals surface area contributed by atoms with Gasteiger partial charge in [-0.25, -0.2) is 0 Å². The van der Waals surface area contributed by atoms with E-state index in [-0.39, 0.29) is 30.7 Å². The van der Waals surface area contributed by atoms with Crippen LogP contribution in [0.3, 0.4) is 0 Å². The Labute approximate surface area is 96.2 Å². The van der Waals surface area contributed by atoms with Crippen LogP contribution in [0.5, 0.6) is 0 Å². The molecule has 0 spiro atoms. The van der Waals surface area contributed by atoms with Crippen molar-refractivity contribution in [3.8, 4) is 0 Å². The van der Waals surface area contributed by atoms with Crippen LogP contribution in [0.15, 0.2) is 0 Å². The molecule has 2 atom stereocenters. The van der Waals surface area contributed by atoms with Gasteiger partial charge in [0.2, 0.25) is 5.91 Å². The van der Waals surface area contributed by atoms with Crippen molar-refractivity contribution in [1.82, 2.24) is 5.32 Å². The number of carbonyl (C=O) groups excluding carboxylic acids is 1. The highest BCUT2D eigenvalue weighted by molar-refractivity contribution is 5.77. The maximum Gasteiger partial charge on any atom is 0.303 e. The van der Waals surface area contributed by atoms with Crippen molar-refractivity contribution < 1.29 is 19.4 Å². The highest BCUT2D eigenvalue weighted by Gasteiger charge is 2.14. The Kier molecular flexibility index (Phi) is 7.54. The minimum atomic E-state index is -0.868. The van der Waals surface area contributed by atoms with Gasteiger partial charge in [0.25, 0.3) is 0 Å². The van der Waals surface area contributed by atoms with Crippen molar-refractivity contribution in [3.05, 3.63) is 0 Å². The quantitative estimate of drug-likeness (QED) is 0.654. The topological polar surface area (TPSA) is 75.6 Å². The fraction of sp³-hybridized carbons (Fsp3) is 0.818. The van der Waals surface area contributed by atoms with E-state index < -0.39 is 5.97 Å². The molecule has 0 aliphatic rings. The molecule has 0 aromatic carbocycles. The summed E-state index contributed by atoms with van der Waals surface area (Å²) in [5.41, 5.74) is 0. The van der Waals surface area contributed by atoms with Crippen LogP contribution >= 0.6 is 0 Å². The summed E-state index contributed by atoms with van der Waals surface area (Å²) in [6, 6.07) is 0.0597. The van der Waals surface area contributed by atoms with E-state index in [1.807, 2.05) is 6.92 Å². The van der Waals surface area contributed by atoms with Crippen molar-refractivity contribution in [2.45, 2.75) is 39.2 Å². The lowest BCUT2D eigenvalue weighted by Gasteiger charge is -2.15. The second kappa shape index (κ2) is 8.10. The predicted octanol–water partition coefficient (Wildman–Crippen LogP) is 1.03. The predicted molar refractivity (Wildman–Crippen MR) is 60.1 cm³/mol. The van der Waals surface area contributed by atoms with Gasteiger partial charge in [-0.2, -0.15) is 0 Å². The summed E-state index contributed by atoms with van der Waals surface area (Å²) >= 11 is 0. The van der Waals surface area contributed by atoms with E-state index >= 15 is 0 Å². The van der Waals surface area contributed by atoms with Gasteiger partial charge in [-0.05, 0) is 19.3 Å². The zero-order valence-corrected chi connectivity index (χ0v) is 10.2. The van der Waals surface area contributed by atoms with Crippen molar-refractivity contribution >= 4 is 11.9 Å². The summed E-state index contributed by atoms with van der Waals surface area (Å²) in [5.74, 6) is -1.10. The lowest BCUT2D eigenvalue weighted by molar-refractivity contribution is -0.138. The summed E-state index contributed by atoms with van der Waals surface area (Å²) in [7, 11) is 1.61. The van der Waals surface area contributed by atoms with Crippen LogP contribution in [-0.2, 0) is 14.3 Å². The number of carboxylic acids is 1. The van der Waals surface area contributed by atoms with Crippen LogP contribution in [0, 0.1) is 5.92 Å². The number of carbonyl (C=O) groups is 2. The molecule has 0 rings (SSSR count). The smallest absolute Gasteiger partial charge is 0.303 e. The molecule has 2 unspecified atom stereocenters. The van der Waals surface area contributed by atoms with Crippen LogP contribution in [-0.4, -0.2) is 36.7 Å². The summed E-state index contributed by atoms with van der Waals surface area (Å²) in [4.78, 5) is 21.9. The Morgan fingerprint density at radius 1 is 1.31 bits per heavy atom. The summed E-state index contributed by atoms with van der Waals surface area (Å²) in [6.45, 7) is 4.26. The first-order valence-corrected chi connectivity index (χ1v) is 5.45. The number of aliphatic carboxylic acids is 1. The van der Waals surface area contributed by atoms with Gasteiger partial charge < -0.3 is 15.2 Å². The molecule has 16 heavy (non-hydrogen) atoms. The number of nitrogens with one attached hydrogen (secondary N) is 1. The van der Waals surface area contributed by atoms with Crippen LogP contribution in [0.1, 0.15) is 33.1 Å². The van der Waals surface area contributed by atoms with Gasteiger partial charge in [0, 0.05) is 32.6 Å². The zero-order chi connectivity index (χ0) is 12.6. The number of methoxy groups -OCH3 is 1. The lowest BCUT2D eigenvalue weighted by Crippen LogP contribution is -2.34. The SMILES string of the molecule is COCCC(C)NC(=O)CC(C)CC(=O)O. The molecule has 0 radical (unpaired) electrons. The van der Waals surface area contributed by atoms with E-state index in [0.717, 1.165) is 6.42 Å². The molecule has 0 aliphatic heterocycles. The molecule has 0 heterocycles. The van der Waals surface area contributed by atoms with Crippen molar-refractivity contribution in [2.24, 2.45) is 5.92 Å². The summed E-state index contributed by atoms with van der Waals surface area (Å²) < 4.78 is 4.90. The third-order valence-electron chi connectivity index (χ3n) is 2.22. The highest BCUT2D eigenvalue weighted by Crippen LogP contribution is 2.07. The molecule has 0 saturated carbocycles. The van der Waals surface area contributed by atoms with Crippen molar-refractivity contribution in [2.75, 3.05) is 13.7 Å². The monoisotopic (exact) mass is 231 g/mol. The Morgan fingerprint density at radius 2 is 1.94 bits per heavy atom. The number of hydrogen-bond donors (Lipinski definition) is 2. The molecular weight excluding hydrogens is 210 g/mol. The molecule has 0 aliphatic carbocycles. The average molecular weight is 231 g/mol. The number of hydrogen-bond acceptors (Lipinski definition) is 3. The minimum absolute atomic E-state index is 0.0277. The van der Waals surface area contributed by atoms with Gasteiger partial charge in [0.05, 0.1) is 0 Å². The van der Waals surface area contributed by atoms with Gasteiger partial charge in [0.1, 0.15) is 0 Å². The Hall–Kier alpha value is -1.10. The molecule has 0 fully saturated rings. The number of ether oxygens (including phenoxy) is 1. The van der Waals surface area contributed by atoms with E-state index in [1.54, 1.807) is 14.0 Å². The fourth-order valence-corrected chi connectivity index (χ4v) is 1.39. The van der Waals surface area contributed by atoms with Crippen LogP contribution in [0.25, 0.3) is 0 Å². The van der Waals surface area contributed by atoms with E-state index in [9.17, 15) is 9.59 Å². The Balaban J connectivity index is 3.76. The van der Waals surface area contributed by atoms with Crippen LogP contribution in [0.4, 0.5) is 0 Å². The first-order chi connectivity index (χ1) is 7.45. The van der Waals surface area contributed by atoms with Crippen LogP contribution in [0.2, 0.25) is 0 Å². The second-order valence-electron chi connectivity index (χ2n) is 4.16. The normalized spacial score (nSPS) is 14.2. The molecular formula is C11H21NO4. The van der Waals surface area contributed by atoms with E-state index in [4.69, 9.17) is 9.84 Å². The largest absolute Gasteiger partial charge is 0.481 e. The lowest BCUT2D eigenvalue weighted by atomic mass is 10.0. The molecule has 0 aromatic rings. The van der Waals surface area contributed by atoms with E-state index in [1.165, 1.54) is 0 Å². The molecule has 1 amide bonds. The van der Waals surface area contributed by atoms with Gasteiger partial charge in [0.15, 0.2) is 0 Å². The average Bonchev–Trinajstić information content (AvgIpc) is 2.12. The first kappa shape index (κ1) is 14.9. The van der Waals surface area contributed by atoms with Crippen molar-refractivity contribution in [1.29, 1.82) is 0 Å². The molecule has 5 heteroatoms. The standard InChI is InChI=1S/C11H21NO4/c1-8(7-11(14)15)6-10(13)12-9(2)4-5-16-3/h8-9H,4-7H2,1-3H3,(H,12,13)(H,14,15). The zero-order valence-electron chi connectivity index (χ0n) is 10.2. The van der Waals surface area contributed by atoms with Gasteiger partial charge in [-0.1, -0.05) is 6.92 Å².